The van der Waals surface area contributed by atoms with Gasteiger partial charge in [-0.2, -0.15) is 0 Å². The van der Waals surface area contributed by atoms with E-state index in [-0.39, 0.29) is 5.91 Å². The van der Waals surface area contributed by atoms with Gasteiger partial charge in [0.1, 0.15) is 5.69 Å². The highest BCUT2D eigenvalue weighted by atomic mass is 32.1. The zero-order valence-corrected chi connectivity index (χ0v) is 9.01. The molecule has 0 saturated heterocycles. The number of aromatic nitrogens is 1. The van der Waals surface area contributed by atoms with Crippen molar-refractivity contribution in [1.29, 1.82) is 0 Å². The van der Waals surface area contributed by atoms with Gasteiger partial charge in [-0.15, -0.1) is 11.3 Å². The maximum absolute atomic E-state index is 11.5. The monoisotopic (exact) mass is 227 g/mol. The molecule has 1 aromatic rings. The summed E-state index contributed by atoms with van der Waals surface area (Å²) in [5.74, 6) is -0.275. The fourth-order valence-corrected chi connectivity index (χ4v) is 2.03. The highest BCUT2D eigenvalue weighted by Crippen LogP contribution is 2.30. The van der Waals surface area contributed by atoms with E-state index in [1.807, 2.05) is 0 Å². The predicted molar refractivity (Wildman–Crippen MR) is 57.7 cm³/mol. The van der Waals surface area contributed by atoms with Gasteiger partial charge in [0, 0.05) is 11.9 Å². The second kappa shape index (κ2) is 3.79. The Bertz CT molecular complexity index is 373. The van der Waals surface area contributed by atoms with Crippen molar-refractivity contribution in [2.75, 3.05) is 12.3 Å². The van der Waals surface area contributed by atoms with E-state index in [0.29, 0.717) is 17.4 Å². The van der Waals surface area contributed by atoms with Gasteiger partial charge in [0.25, 0.3) is 5.91 Å². The Balaban J connectivity index is 1.87. The van der Waals surface area contributed by atoms with Gasteiger partial charge in [-0.05, 0) is 19.3 Å². The number of nitrogens with zero attached hydrogens (tertiary/aromatic N) is 1. The van der Waals surface area contributed by atoms with Crippen LogP contribution in [0.4, 0.5) is 5.13 Å². The second-order valence-corrected chi connectivity index (χ2v) is 4.72. The van der Waals surface area contributed by atoms with E-state index in [2.05, 4.69) is 10.3 Å². The van der Waals surface area contributed by atoms with Crippen LogP contribution >= 0.6 is 11.3 Å². The van der Waals surface area contributed by atoms with Crippen molar-refractivity contribution in [2.45, 2.75) is 24.9 Å². The van der Waals surface area contributed by atoms with E-state index in [1.165, 1.54) is 11.3 Å². The Morgan fingerprint density at radius 2 is 2.47 bits per heavy atom. The summed E-state index contributed by atoms with van der Waals surface area (Å²) < 4.78 is 0. The van der Waals surface area contributed by atoms with Gasteiger partial charge < -0.3 is 16.2 Å². The summed E-state index contributed by atoms with van der Waals surface area (Å²) >= 11 is 1.23. The quantitative estimate of drug-likeness (QED) is 0.696. The lowest BCUT2D eigenvalue weighted by Crippen LogP contribution is -2.47. The summed E-state index contributed by atoms with van der Waals surface area (Å²) in [7, 11) is 0. The first kappa shape index (κ1) is 10.4. The molecule has 15 heavy (non-hydrogen) atoms. The number of rotatable bonds is 3. The highest BCUT2D eigenvalue weighted by molar-refractivity contribution is 7.13. The fraction of sp³-hybridized carbons (Fsp3) is 0.556. The Morgan fingerprint density at radius 1 is 1.73 bits per heavy atom. The number of anilines is 1. The highest BCUT2D eigenvalue weighted by Gasteiger charge is 2.34. The summed E-state index contributed by atoms with van der Waals surface area (Å²) in [6, 6.07) is 0. The number of thiazole rings is 1. The number of aliphatic hydroxyl groups is 1. The normalized spacial score (nSPS) is 18.2. The zero-order chi connectivity index (χ0) is 10.9. The van der Waals surface area contributed by atoms with Crippen LogP contribution < -0.4 is 11.1 Å². The van der Waals surface area contributed by atoms with Gasteiger partial charge in [0.15, 0.2) is 5.13 Å². The molecule has 0 aromatic carbocycles. The summed E-state index contributed by atoms with van der Waals surface area (Å²) in [5, 5.41) is 14.4. The van der Waals surface area contributed by atoms with Crippen molar-refractivity contribution in [2.24, 2.45) is 0 Å². The van der Waals surface area contributed by atoms with Crippen molar-refractivity contribution >= 4 is 22.4 Å². The van der Waals surface area contributed by atoms with Crippen LogP contribution in [0.3, 0.4) is 0 Å². The van der Waals surface area contributed by atoms with Crippen LogP contribution in [0, 0.1) is 0 Å². The maximum atomic E-state index is 11.5. The number of hydrogen-bond donors (Lipinski definition) is 3. The summed E-state index contributed by atoms with van der Waals surface area (Å²) in [5.41, 5.74) is 5.04. The lowest BCUT2D eigenvalue weighted by Gasteiger charge is -2.36. The molecule has 4 N–H and O–H groups in total. The molecule has 82 valence electrons. The first-order valence-corrected chi connectivity index (χ1v) is 5.69. The lowest BCUT2D eigenvalue weighted by molar-refractivity contribution is -0.0300. The standard InChI is InChI=1S/C9H13N3O2S/c10-8-12-6(4-15-8)7(13)11-5-9(14)2-1-3-9/h4,14H,1-3,5H2,(H2,10,12)(H,11,13). The van der Waals surface area contributed by atoms with Crippen LogP contribution in [0.15, 0.2) is 5.38 Å². The topological polar surface area (TPSA) is 88.2 Å². The predicted octanol–water partition coefficient (Wildman–Crippen LogP) is 0.370. The number of nitrogens with two attached hydrogens (primary N) is 1. The van der Waals surface area contributed by atoms with E-state index in [0.717, 1.165) is 19.3 Å². The largest absolute Gasteiger partial charge is 0.388 e. The smallest absolute Gasteiger partial charge is 0.270 e. The van der Waals surface area contributed by atoms with Gasteiger partial charge in [0.05, 0.1) is 5.60 Å². The van der Waals surface area contributed by atoms with Crippen LogP contribution in [0.25, 0.3) is 0 Å². The van der Waals surface area contributed by atoms with Crippen molar-refractivity contribution in [1.82, 2.24) is 10.3 Å². The van der Waals surface area contributed by atoms with E-state index in [9.17, 15) is 9.90 Å². The molecule has 1 aromatic heterocycles. The number of carbonyl (C=O) groups is 1. The molecule has 1 fully saturated rings. The maximum Gasteiger partial charge on any atom is 0.270 e. The van der Waals surface area contributed by atoms with Crippen LogP contribution in [-0.4, -0.2) is 28.1 Å². The number of nitrogens with one attached hydrogen (secondary N) is 1. The molecule has 0 unspecified atom stereocenters. The van der Waals surface area contributed by atoms with E-state index in [1.54, 1.807) is 5.38 Å². The molecule has 1 aliphatic rings. The third-order valence-corrected chi connectivity index (χ3v) is 3.29. The first-order valence-electron chi connectivity index (χ1n) is 4.81. The molecule has 6 heteroatoms. The molecule has 1 saturated carbocycles. The van der Waals surface area contributed by atoms with Crippen LogP contribution in [-0.2, 0) is 0 Å². The fourth-order valence-electron chi connectivity index (χ4n) is 1.49. The molecule has 2 rings (SSSR count). The lowest BCUT2D eigenvalue weighted by atomic mass is 9.80. The molecular formula is C9H13N3O2S. The van der Waals surface area contributed by atoms with Gasteiger partial charge in [-0.1, -0.05) is 0 Å². The molecule has 1 heterocycles. The van der Waals surface area contributed by atoms with Crippen LogP contribution in [0.1, 0.15) is 29.8 Å². The van der Waals surface area contributed by atoms with Crippen molar-refractivity contribution in [3.05, 3.63) is 11.1 Å². The zero-order valence-electron chi connectivity index (χ0n) is 8.19. The molecular weight excluding hydrogens is 214 g/mol. The average molecular weight is 227 g/mol. The molecule has 0 bridgehead atoms. The number of nitrogen functional groups attached to an aromatic ring is 1. The Hall–Kier alpha value is -1.14. The average Bonchev–Trinajstić information content (AvgIpc) is 2.58. The summed E-state index contributed by atoms with van der Waals surface area (Å²) in [6.07, 6.45) is 2.54. The van der Waals surface area contributed by atoms with Gasteiger partial charge >= 0.3 is 0 Å². The number of hydrogen-bond acceptors (Lipinski definition) is 5. The Kier molecular flexibility index (Phi) is 2.62. The molecule has 1 aliphatic carbocycles. The summed E-state index contributed by atoms with van der Waals surface area (Å²) in [6.45, 7) is 0.295. The molecule has 5 nitrogen and oxygen atoms in total. The van der Waals surface area contributed by atoms with Crippen molar-refractivity contribution in [3.8, 4) is 0 Å². The van der Waals surface area contributed by atoms with E-state index >= 15 is 0 Å². The van der Waals surface area contributed by atoms with E-state index < -0.39 is 5.60 Å². The van der Waals surface area contributed by atoms with Gasteiger partial charge in [-0.25, -0.2) is 4.98 Å². The van der Waals surface area contributed by atoms with Crippen LogP contribution in [0.2, 0.25) is 0 Å². The Labute approximate surface area is 91.3 Å². The molecule has 0 atom stereocenters. The van der Waals surface area contributed by atoms with Gasteiger partial charge in [-0.3, -0.25) is 4.79 Å². The molecule has 0 radical (unpaired) electrons. The SMILES string of the molecule is Nc1nc(C(=O)NCC2(O)CCC2)cs1. The molecule has 0 spiro atoms. The van der Waals surface area contributed by atoms with Gasteiger partial charge in [0.2, 0.25) is 0 Å². The second-order valence-electron chi connectivity index (χ2n) is 3.83. The minimum absolute atomic E-state index is 0.275. The summed E-state index contributed by atoms with van der Waals surface area (Å²) in [4.78, 5) is 15.4. The minimum atomic E-state index is -0.697. The third kappa shape index (κ3) is 2.27. The molecule has 1 amide bonds. The minimum Gasteiger partial charge on any atom is -0.388 e. The number of amides is 1. The number of carbonyl (C=O) groups excluding carboxylic acids is 1. The Morgan fingerprint density at radius 3 is 2.93 bits per heavy atom. The first-order chi connectivity index (χ1) is 7.09. The third-order valence-electron chi connectivity index (χ3n) is 2.62. The van der Waals surface area contributed by atoms with Crippen molar-refractivity contribution in [3.63, 3.8) is 0 Å². The molecule has 0 aliphatic heterocycles. The van der Waals surface area contributed by atoms with E-state index in [4.69, 9.17) is 5.73 Å². The van der Waals surface area contributed by atoms with Crippen molar-refractivity contribution < 1.29 is 9.90 Å². The van der Waals surface area contributed by atoms with Crippen LogP contribution in [0.5, 0.6) is 0 Å².